The zero-order chi connectivity index (χ0) is 12.8. The summed E-state index contributed by atoms with van der Waals surface area (Å²) in [7, 11) is 0. The molecule has 0 bridgehead atoms. The molecule has 0 aromatic rings. The second kappa shape index (κ2) is 13.9. The van der Waals surface area contributed by atoms with Crippen LogP contribution < -0.4 is 0 Å². The fourth-order valence-electron chi connectivity index (χ4n) is 1.35. The fourth-order valence-corrected chi connectivity index (χ4v) is 1.35. The van der Waals surface area contributed by atoms with E-state index < -0.39 is 0 Å². The molecule has 0 aliphatic rings. The summed E-state index contributed by atoms with van der Waals surface area (Å²) in [6.07, 6.45) is 6.37. The Hall–Kier alpha value is -0.120. The summed E-state index contributed by atoms with van der Waals surface area (Å²) in [5.74, 6) is 0. The third-order valence-electron chi connectivity index (χ3n) is 2.45. The highest BCUT2D eigenvalue weighted by Gasteiger charge is 2.08. The zero-order valence-electron chi connectivity index (χ0n) is 11.9. The molecule has 0 rings (SSSR count). The highest BCUT2D eigenvalue weighted by molar-refractivity contribution is 4.46. The molecule has 0 N–H and O–H groups in total. The van der Waals surface area contributed by atoms with E-state index in [9.17, 15) is 0 Å². The molecule has 0 aliphatic heterocycles. The van der Waals surface area contributed by atoms with Crippen LogP contribution in [0.15, 0.2) is 0 Å². The summed E-state index contributed by atoms with van der Waals surface area (Å²) < 4.78 is 16.9. The lowest BCUT2D eigenvalue weighted by atomic mass is 10.3. The van der Waals surface area contributed by atoms with Crippen LogP contribution >= 0.6 is 0 Å². The third-order valence-corrected chi connectivity index (χ3v) is 2.45. The van der Waals surface area contributed by atoms with E-state index in [-0.39, 0.29) is 6.29 Å². The summed E-state index contributed by atoms with van der Waals surface area (Å²) in [5.41, 5.74) is 0. The summed E-state index contributed by atoms with van der Waals surface area (Å²) in [6, 6.07) is 0. The molecule has 1 unspecified atom stereocenters. The lowest BCUT2D eigenvalue weighted by molar-refractivity contribution is -0.153. The van der Waals surface area contributed by atoms with E-state index in [0.29, 0.717) is 0 Å². The van der Waals surface area contributed by atoms with E-state index in [2.05, 4.69) is 20.8 Å². The van der Waals surface area contributed by atoms with Crippen LogP contribution in [0, 0.1) is 0 Å². The first-order valence-corrected chi connectivity index (χ1v) is 7.16. The van der Waals surface area contributed by atoms with Crippen molar-refractivity contribution in [3.63, 3.8) is 0 Å². The standard InChI is InChI=1S/C14H30O3/c1-4-7-11-15-13-9-14(16-10-6-3)17-12-8-5-2/h14H,4-13H2,1-3H3. The molecule has 0 saturated heterocycles. The van der Waals surface area contributed by atoms with Crippen molar-refractivity contribution in [2.75, 3.05) is 26.4 Å². The molecule has 17 heavy (non-hydrogen) atoms. The number of hydrogen-bond acceptors (Lipinski definition) is 3. The van der Waals surface area contributed by atoms with E-state index >= 15 is 0 Å². The van der Waals surface area contributed by atoms with Gasteiger partial charge in [0.1, 0.15) is 0 Å². The normalized spacial score (nSPS) is 12.9. The molecule has 0 aromatic heterocycles. The highest BCUT2D eigenvalue weighted by atomic mass is 16.7. The van der Waals surface area contributed by atoms with Gasteiger partial charge in [-0.25, -0.2) is 0 Å². The first-order valence-electron chi connectivity index (χ1n) is 7.16. The number of rotatable bonds is 13. The first-order chi connectivity index (χ1) is 8.35. The Bertz CT molecular complexity index is 139. The van der Waals surface area contributed by atoms with Gasteiger partial charge in [-0.2, -0.15) is 0 Å². The van der Waals surface area contributed by atoms with Crippen LogP contribution in [0.1, 0.15) is 59.3 Å². The summed E-state index contributed by atoms with van der Waals surface area (Å²) in [6.45, 7) is 9.60. The Morgan fingerprint density at radius 2 is 1.35 bits per heavy atom. The van der Waals surface area contributed by atoms with Gasteiger partial charge in [-0.15, -0.1) is 0 Å². The molecule has 0 aromatic carbocycles. The van der Waals surface area contributed by atoms with Gasteiger partial charge >= 0.3 is 0 Å². The van der Waals surface area contributed by atoms with Crippen molar-refractivity contribution >= 4 is 0 Å². The number of ether oxygens (including phenoxy) is 3. The van der Waals surface area contributed by atoms with Gasteiger partial charge in [0.25, 0.3) is 0 Å². The van der Waals surface area contributed by atoms with Gasteiger partial charge in [0.05, 0.1) is 6.61 Å². The molecule has 0 heterocycles. The molecular weight excluding hydrogens is 216 g/mol. The molecule has 0 spiro atoms. The van der Waals surface area contributed by atoms with E-state index in [4.69, 9.17) is 14.2 Å². The monoisotopic (exact) mass is 246 g/mol. The Kier molecular flexibility index (Phi) is 13.8. The molecule has 3 heteroatoms. The van der Waals surface area contributed by atoms with Gasteiger partial charge < -0.3 is 14.2 Å². The molecule has 0 amide bonds. The van der Waals surface area contributed by atoms with Gasteiger partial charge in [-0.3, -0.25) is 0 Å². The lowest BCUT2D eigenvalue weighted by Gasteiger charge is -2.18. The molecule has 1 atom stereocenters. The maximum Gasteiger partial charge on any atom is 0.159 e. The second-order valence-corrected chi connectivity index (χ2v) is 4.28. The second-order valence-electron chi connectivity index (χ2n) is 4.28. The van der Waals surface area contributed by atoms with Crippen molar-refractivity contribution in [1.82, 2.24) is 0 Å². The molecule has 0 fully saturated rings. The van der Waals surface area contributed by atoms with E-state index in [1.165, 1.54) is 6.42 Å². The molecule has 0 saturated carbocycles. The topological polar surface area (TPSA) is 27.7 Å². The van der Waals surface area contributed by atoms with Crippen molar-refractivity contribution in [1.29, 1.82) is 0 Å². The fraction of sp³-hybridized carbons (Fsp3) is 1.00. The first kappa shape index (κ1) is 16.9. The predicted molar refractivity (Wildman–Crippen MR) is 71.2 cm³/mol. The summed E-state index contributed by atoms with van der Waals surface area (Å²) >= 11 is 0. The maximum atomic E-state index is 5.69. The number of unbranched alkanes of at least 4 members (excludes halogenated alkanes) is 2. The lowest BCUT2D eigenvalue weighted by Crippen LogP contribution is -2.21. The predicted octanol–water partition coefficient (Wildman–Crippen LogP) is 3.76. The van der Waals surface area contributed by atoms with E-state index in [1.54, 1.807) is 0 Å². The van der Waals surface area contributed by atoms with E-state index in [1.807, 2.05) is 0 Å². The minimum Gasteiger partial charge on any atom is -0.381 e. The summed E-state index contributed by atoms with van der Waals surface area (Å²) in [5, 5.41) is 0. The van der Waals surface area contributed by atoms with Crippen LogP contribution in [-0.2, 0) is 14.2 Å². The quantitative estimate of drug-likeness (QED) is 0.366. The smallest absolute Gasteiger partial charge is 0.159 e. The van der Waals surface area contributed by atoms with Gasteiger partial charge in [-0.1, -0.05) is 33.6 Å². The van der Waals surface area contributed by atoms with Gasteiger partial charge in [0.15, 0.2) is 6.29 Å². The maximum absolute atomic E-state index is 5.69. The van der Waals surface area contributed by atoms with Crippen LogP contribution in [0.4, 0.5) is 0 Å². The van der Waals surface area contributed by atoms with Crippen molar-refractivity contribution in [2.45, 2.75) is 65.6 Å². The molecule has 0 radical (unpaired) electrons. The van der Waals surface area contributed by atoms with E-state index in [0.717, 1.165) is 58.5 Å². The van der Waals surface area contributed by atoms with Crippen molar-refractivity contribution in [2.24, 2.45) is 0 Å². The highest BCUT2D eigenvalue weighted by Crippen LogP contribution is 2.04. The minimum atomic E-state index is -0.0804. The molecular formula is C14H30O3. The van der Waals surface area contributed by atoms with Crippen molar-refractivity contribution < 1.29 is 14.2 Å². The largest absolute Gasteiger partial charge is 0.381 e. The SMILES string of the molecule is CCCCOCCC(OCCC)OCCCC. The van der Waals surface area contributed by atoms with Gasteiger partial charge in [0, 0.05) is 26.2 Å². The Morgan fingerprint density at radius 3 is 2.00 bits per heavy atom. The Morgan fingerprint density at radius 1 is 0.706 bits per heavy atom. The van der Waals surface area contributed by atoms with Crippen LogP contribution in [0.25, 0.3) is 0 Å². The molecule has 0 aliphatic carbocycles. The van der Waals surface area contributed by atoms with Crippen molar-refractivity contribution in [3.05, 3.63) is 0 Å². The summed E-state index contributed by atoms with van der Waals surface area (Å²) in [4.78, 5) is 0. The average Bonchev–Trinajstić information content (AvgIpc) is 2.35. The van der Waals surface area contributed by atoms with Gasteiger partial charge in [0.2, 0.25) is 0 Å². The van der Waals surface area contributed by atoms with Crippen LogP contribution in [0.5, 0.6) is 0 Å². The molecule has 3 nitrogen and oxygen atoms in total. The van der Waals surface area contributed by atoms with Gasteiger partial charge in [-0.05, 0) is 19.3 Å². The molecule has 104 valence electrons. The van der Waals surface area contributed by atoms with Crippen LogP contribution in [0.3, 0.4) is 0 Å². The Labute approximate surface area is 107 Å². The number of hydrogen-bond donors (Lipinski definition) is 0. The van der Waals surface area contributed by atoms with Crippen molar-refractivity contribution in [3.8, 4) is 0 Å². The third kappa shape index (κ3) is 12.1. The minimum absolute atomic E-state index is 0.0804. The van der Waals surface area contributed by atoms with Crippen LogP contribution in [0.2, 0.25) is 0 Å². The Balaban J connectivity index is 3.53. The average molecular weight is 246 g/mol. The van der Waals surface area contributed by atoms with Crippen LogP contribution in [-0.4, -0.2) is 32.7 Å². The zero-order valence-corrected chi connectivity index (χ0v) is 11.9.